The van der Waals surface area contributed by atoms with E-state index in [-0.39, 0.29) is 30.3 Å². The van der Waals surface area contributed by atoms with Crippen LogP contribution < -0.4 is 10.6 Å². The number of nitrogens with zero attached hydrogens (tertiary/aromatic N) is 3. The normalized spacial score (nSPS) is 21.3. The molecule has 2 heterocycles. The number of nitrogens with one attached hydrogen (secondary N) is 2. The zero-order valence-corrected chi connectivity index (χ0v) is 26.7. The number of β-amino-alcohol motifs (C(OH)–C–C–N with tert-alkyl or cyclic N) is 1. The second-order valence-electron chi connectivity index (χ2n) is 13.9. The van der Waals surface area contributed by atoms with Crippen LogP contribution in [0.4, 0.5) is 0 Å². The minimum atomic E-state index is -1.08. The number of carbonyl (C=O) groups excluding carboxylic acids is 3. The number of nitriles is 1. The second-order valence-corrected chi connectivity index (χ2v) is 14.8. The predicted molar refractivity (Wildman–Crippen MR) is 162 cm³/mol. The summed E-state index contributed by atoms with van der Waals surface area (Å²) in [6, 6.07) is 6.13. The summed E-state index contributed by atoms with van der Waals surface area (Å²) in [5.41, 5.74) is 4.01. The smallest absolute Gasteiger partial charge is 0.246 e. The topological polar surface area (TPSA) is 135 Å². The van der Waals surface area contributed by atoms with Gasteiger partial charge in [0.2, 0.25) is 17.7 Å². The average Bonchev–Trinajstić information content (AvgIpc) is 3.44. The van der Waals surface area contributed by atoms with Crippen LogP contribution in [-0.4, -0.2) is 57.4 Å². The summed E-state index contributed by atoms with van der Waals surface area (Å²) in [6.45, 7) is 15.8. The Morgan fingerprint density at radius 3 is 2.36 bits per heavy atom. The molecule has 4 rings (SSSR count). The number of likely N-dealkylation sites (tertiary alicyclic amines) is 1. The van der Waals surface area contributed by atoms with Crippen LogP contribution in [0.15, 0.2) is 23.7 Å². The molecule has 9 nitrogen and oxygen atoms in total. The highest BCUT2D eigenvalue weighted by Crippen LogP contribution is 2.45. The second kappa shape index (κ2) is 11.4. The fourth-order valence-corrected chi connectivity index (χ4v) is 6.40. The number of rotatable bonds is 7. The number of hydrogen-bond donors (Lipinski definition) is 3. The van der Waals surface area contributed by atoms with E-state index < -0.39 is 40.8 Å². The summed E-state index contributed by atoms with van der Waals surface area (Å²) in [5.74, 6) is -1.25. The van der Waals surface area contributed by atoms with Crippen molar-refractivity contribution in [3.63, 3.8) is 0 Å². The Hall–Kier alpha value is -3.29. The van der Waals surface area contributed by atoms with Crippen molar-refractivity contribution >= 4 is 29.1 Å². The van der Waals surface area contributed by atoms with E-state index in [0.29, 0.717) is 12.8 Å². The Labute approximate surface area is 252 Å². The van der Waals surface area contributed by atoms with Gasteiger partial charge in [-0.2, -0.15) is 5.26 Å². The monoisotopic (exact) mass is 593 g/mol. The molecule has 10 heteroatoms. The van der Waals surface area contributed by atoms with Gasteiger partial charge in [0, 0.05) is 13.0 Å². The molecule has 2 unspecified atom stereocenters. The summed E-state index contributed by atoms with van der Waals surface area (Å²) in [4.78, 5) is 47.4. The molecule has 1 aliphatic heterocycles. The number of aliphatic hydroxyl groups excluding tert-OH is 1. The van der Waals surface area contributed by atoms with Gasteiger partial charge in [-0.1, -0.05) is 53.7 Å². The van der Waals surface area contributed by atoms with Gasteiger partial charge in [0.1, 0.15) is 17.5 Å². The van der Waals surface area contributed by atoms with Gasteiger partial charge in [0.05, 0.1) is 34.3 Å². The summed E-state index contributed by atoms with van der Waals surface area (Å²) in [7, 11) is 0. The van der Waals surface area contributed by atoms with Crippen LogP contribution in [0.25, 0.3) is 10.4 Å². The highest BCUT2D eigenvalue weighted by Gasteiger charge is 2.53. The van der Waals surface area contributed by atoms with E-state index in [4.69, 9.17) is 0 Å². The molecule has 0 radical (unpaired) electrons. The minimum Gasteiger partial charge on any atom is -0.391 e. The van der Waals surface area contributed by atoms with Crippen molar-refractivity contribution in [2.45, 2.75) is 104 Å². The molecule has 1 aromatic carbocycles. The van der Waals surface area contributed by atoms with E-state index in [1.807, 2.05) is 52.3 Å². The fraction of sp³-hybridized carbons (Fsp3) is 0.594. The molecule has 3 N–H and O–H groups in total. The van der Waals surface area contributed by atoms with E-state index in [2.05, 4.69) is 48.5 Å². The van der Waals surface area contributed by atoms with Crippen LogP contribution in [0.1, 0.15) is 90.6 Å². The van der Waals surface area contributed by atoms with Gasteiger partial charge in [-0.05, 0) is 60.3 Å². The zero-order chi connectivity index (χ0) is 31.2. The van der Waals surface area contributed by atoms with Gasteiger partial charge < -0.3 is 20.6 Å². The number of aliphatic hydroxyl groups is 1. The Balaban J connectivity index is 1.56. The Kier molecular flexibility index (Phi) is 8.60. The molecule has 1 saturated carbocycles. The average molecular weight is 594 g/mol. The van der Waals surface area contributed by atoms with E-state index in [1.54, 1.807) is 11.3 Å². The van der Waals surface area contributed by atoms with Crippen molar-refractivity contribution < 1.29 is 19.5 Å². The Bertz CT molecular complexity index is 1410. The first-order chi connectivity index (χ1) is 19.5. The molecule has 1 aromatic heterocycles. The largest absolute Gasteiger partial charge is 0.391 e. The summed E-state index contributed by atoms with van der Waals surface area (Å²) in [6.07, 6.45) is 0.171. The molecule has 4 atom stereocenters. The van der Waals surface area contributed by atoms with Crippen molar-refractivity contribution in [3.05, 3.63) is 40.5 Å². The standard InChI is InChI=1S/C32H43N5O4S/c1-18(22-10-9-20(13-23(22)30(3,4)5)25-19(2)34-17-42-25)35-27(39)24-14-21(38)15-37(24)28(40)26(31(6,7)8)36-29(41)32(16-33)11-12-32/h9-10,13,17-18,21,24,26,38H,11-12,14-15H2,1-8H3,(H,35,39)(H,36,41)/t18-,21+,24?,26?/m0/s1. The quantitative estimate of drug-likeness (QED) is 0.436. The summed E-state index contributed by atoms with van der Waals surface area (Å²) in [5, 5.41) is 25.9. The predicted octanol–water partition coefficient (Wildman–Crippen LogP) is 4.39. The van der Waals surface area contributed by atoms with Crippen LogP contribution >= 0.6 is 11.3 Å². The molecule has 42 heavy (non-hydrogen) atoms. The van der Waals surface area contributed by atoms with Crippen molar-refractivity contribution in [2.75, 3.05) is 6.54 Å². The first-order valence-corrected chi connectivity index (χ1v) is 15.4. The third-order valence-corrected chi connectivity index (χ3v) is 9.32. The lowest BCUT2D eigenvalue weighted by atomic mass is 9.81. The van der Waals surface area contributed by atoms with Gasteiger partial charge in [-0.25, -0.2) is 4.98 Å². The number of carbonyl (C=O) groups is 3. The van der Waals surface area contributed by atoms with Crippen LogP contribution in [-0.2, 0) is 19.8 Å². The molecule has 1 saturated heterocycles. The van der Waals surface area contributed by atoms with E-state index in [0.717, 1.165) is 27.3 Å². The van der Waals surface area contributed by atoms with Crippen LogP contribution in [0.5, 0.6) is 0 Å². The van der Waals surface area contributed by atoms with Crippen LogP contribution in [0.2, 0.25) is 0 Å². The van der Waals surface area contributed by atoms with Gasteiger partial charge in [-0.15, -0.1) is 11.3 Å². The number of amides is 3. The third kappa shape index (κ3) is 6.37. The van der Waals surface area contributed by atoms with Crippen molar-refractivity contribution in [1.82, 2.24) is 20.5 Å². The molecule has 226 valence electrons. The molecule has 1 aliphatic carbocycles. The van der Waals surface area contributed by atoms with E-state index >= 15 is 0 Å². The number of aromatic nitrogens is 1. The summed E-state index contributed by atoms with van der Waals surface area (Å²) >= 11 is 1.60. The van der Waals surface area contributed by atoms with Gasteiger partial charge >= 0.3 is 0 Å². The van der Waals surface area contributed by atoms with Crippen LogP contribution in [0.3, 0.4) is 0 Å². The first-order valence-electron chi connectivity index (χ1n) is 14.5. The molecule has 2 aliphatic rings. The first kappa shape index (κ1) is 31.6. The van der Waals surface area contributed by atoms with Gasteiger partial charge in [0.25, 0.3) is 0 Å². The van der Waals surface area contributed by atoms with E-state index in [9.17, 15) is 24.8 Å². The maximum atomic E-state index is 13.9. The minimum absolute atomic E-state index is 0.00666. The van der Waals surface area contributed by atoms with Crippen molar-refractivity contribution in [3.8, 4) is 16.5 Å². The van der Waals surface area contributed by atoms with Gasteiger partial charge in [-0.3, -0.25) is 14.4 Å². The maximum absolute atomic E-state index is 13.9. The highest BCUT2D eigenvalue weighted by atomic mass is 32.1. The van der Waals surface area contributed by atoms with Crippen molar-refractivity contribution in [2.24, 2.45) is 10.8 Å². The molecule has 2 fully saturated rings. The lowest BCUT2D eigenvalue weighted by Gasteiger charge is -2.36. The Morgan fingerprint density at radius 2 is 1.83 bits per heavy atom. The van der Waals surface area contributed by atoms with E-state index in [1.165, 1.54) is 4.90 Å². The van der Waals surface area contributed by atoms with Crippen molar-refractivity contribution in [1.29, 1.82) is 5.26 Å². The number of aryl methyl sites for hydroxylation is 1. The number of thiazole rings is 1. The molecule has 2 aromatic rings. The molecule has 3 amide bonds. The molecular formula is C32H43N5O4S. The summed E-state index contributed by atoms with van der Waals surface area (Å²) < 4.78 is 0. The Morgan fingerprint density at radius 1 is 1.17 bits per heavy atom. The molecular weight excluding hydrogens is 550 g/mol. The van der Waals surface area contributed by atoms with Crippen LogP contribution in [0, 0.1) is 29.1 Å². The lowest BCUT2D eigenvalue weighted by Crippen LogP contribution is -2.58. The van der Waals surface area contributed by atoms with Gasteiger partial charge in [0.15, 0.2) is 0 Å². The molecule has 0 bridgehead atoms. The zero-order valence-electron chi connectivity index (χ0n) is 25.9. The highest BCUT2D eigenvalue weighted by molar-refractivity contribution is 7.13. The SMILES string of the molecule is Cc1ncsc1-c1ccc([C@H](C)NC(=O)C2C[C@@H](O)CN2C(=O)C(NC(=O)C2(C#N)CC2)C(C)(C)C)c(C(C)(C)C)c1. The number of benzene rings is 1. The fourth-order valence-electron chi connectivity index (χ4n) is 5.60. The molecule has 0 spiro atoms. The number of hydrogen-bond acceptors (Lipinski definition) is 7. The third-order valence-electron chi connectivity index (χ3n) is 8.35. The lowest BCUT2D eigenvalue weighted by molar-refractivity contribution is -0.144. The maximum Gasteiger partial charge on any atom is 0.246 e.